The van der Waals surface area contributed by atoms with Crippen LogP contribution in [0.2, 0.25) is 0 Å². The minimum atomic E-state index is -0.600. The highest BCUT2D eigenvalue weighted by atomic mass is 32.1. The Morgan fingerprint density at radius 3 is 2.78 bits per heavy atom. The number of methoxy groups -OCH3 is 1. The zero-order valence-corrected chi connectivity index (χ0v) is 19.6. The van der Waals surface area contributed by atoms with E-state index in [9.17, 15) is 14.4 Å². The average Bonchev–Trinajstić information content (AvgIpc) is 3.44. The van der Waals surface area contributed by atoms with Gasteiger partial charge in [-0.05, 0) is 45.2 Å². The van der Waals surface area contributed by atoms with E-state index >= 15 is 0 Å². The summed E-state index contributed by atoms with van der Waals surface area (Å²) in [5, 5.41) is 0.471. The fourth-order valence-electron chi connectivity index (χ4n) is 4.34. The number of carbonyl (C=O) groups is 2. The summed E-state index contributed by atoms with van der Waals surface area (Å²) in [5.74, 6) is -0.0858. The van der Waals surface area contributed by atoms with E-state index in [0.29, 0.717) is 39.4 Å². The van der Waals surface area contributed by atoms with Gasteiger partial charge in [-0.1, -0.05) is 0 Å². The van der Waals surface area contributed by atoms with Crippen molar-refractivity contribution in [3.8, 4) is 0 Å². The van der Waals surface area contributed by atoms with E-state index in [-0.39, 0.29) is 17.9 Å². The predicted molar refractivity (Wildman–Crippen MR) is 122 cm³/mol. The Morgan fingerprint density at radius 2 is 2.03 bits per heavy atom. The lowest BCUT2D eigenvalue weighted by Crippen LogP contribution is -2.20. The van der Waals surface area contributed by atoms with Gasteiger partial charge in [0.25, 0.3) is 5.56 Å². The van der Waals surface area contributed by atoms with Crippen LogP contribution >= 0.6 is 11.3 Å². The normalized spacial score (nSPS) is 13.0. The first-order valence-electron chi connectivity index (χ1n) is 10.7. The van der Waals surface area contributed by atoms with Crippen LogP contribution in [0.1, 0.15) is 55.6 Å². The number of Topliss-reactive ketones (excluding diaryl/α,β-unsaturated/α-hetero) is 1. The van der Waals surface area contributed by atoms with E-state index < -0.39 is 5.97 Å². The molecule has 0 fully saturated rings. The minimum Gasteiger partial charge on any atom is -0.453 e. The molecule has 4 heterocycles. The summed E-state index contributed by atoms with van der Waals surface area (Å²) in [4.78, 5) is 43.8. The molecule has 9 heteroatoms. The van der Waals surface area contributed by atoms with Crippen LogP contribution in [0.15, 0.2) is 10.9 Å². The molecule has 32 heavy (non-hydrogen) atoms. The number of aryl methyl sites for hydroxylation is 3. The second kappa shape index (κ2) is 8.99. The number of thiophene rings is 1. The molecule has 0 radical (unpaired) electrons. The number of hydrogen-bond donors (Lipinski definition) is 0. The summed E-state index contributed by atoms with van der Waals surface area (Å²) in [7, 11) is 1.66. The molecule has 0 aromatic carbocycles. The van der Waals surface area contributed by atoms with Crippen molar-refractivity contribution in [2.45, 2.75) is 53.1 Å². The van der Waals surface area contributed by atoms with E-state index in [1.807, 2.05) is 19.9 Å². The van der Waals surface area contributed by atoms with Crippen molar-refractivity contribution in [1.29, 1.82) is 0 Å². The van der Waals surface area contributed by atoms with Crippen LogP contribution < -0.4 is 5.56 Å². The maximum Gasteiger partial charge on any atom is 0.349 e. The third-order valence-corrected chi connectivity index (χ3v) is 7.20. The highest BCUT2D eigenvalue weighted by molar-refractivity contribution is 7.20. The van der Waals surface area contributed by atoms with E-state index in [1.54, 1.807) is 18.6 Å². The van der Waals surface area contributed by atoms with Crippen LogP contribution in [0.4, 0.5) is 0 Å². The Labute approximate surface area is 189 Å². The van der Waals surface area contributed by atoms with Crippen molar-refractivity contribution in [3.63, 3.8) is 0 Å². The molecule has 1 aliphatic heterocycles. The van der Waals surface area contributed by atoms with Gasteiger partial charge >= 0.3 is 5.97 Å². The van der Waals surface area contributed by atoms with Crippen molar-refractivity contribution in [2.75, 3.05) is 20.3 Å². The molecule has 0 spiro atoms. The Hall–Kier alpha value is -2.78. The van der Waals surface area contributed by atoms with Gasteiger partial charge in [0.2, 0.25) is 5.78 Å². The molecule has 0 amide bonds. The van der Waals surface area contributed by atoms with E-state index in [1.165, 1.54) is 0 Å². The van der Waals surface area contributed by atoms with Crippen molar-refractivity contribution in [2.24, 2.45) is 0 Å². The van der Waals surface area contributed by atoms with Crippen molar-refractivity contribution < 1.29 is 19.1 Å². The first-order chi connectivity index (χ1) is 15.3. The summed E-state index contributed by atoms with van der Waals surface area (Å²) in [6.45, 7) is 7.29. The second-order valence-corrected chi connectivity index (χ2v) is 9.11. The molecule has 170 valence electrons. The number of esters is 1. The van der Waals surface area contributed by atoms with Crippen LogP contribution in [-0.2, 0) is 29.0 Å². The highest BCUT2D eigenvalue weighted by Gasteiger charge is 2.25. The number of rotatable bonds is 8. The smallest absolute Gasteiger partial charge is 0.349 e. The number of ether oxygens (including phenoxy) is 2. The molecular weight excluding hydrogens is 430 g/mol. The van der Waals surface area contributed by atoms with Crippen LogP contribution in [0.3, 0.4) is 0 Å². The highest BCUT2D eigenvalue weighted by Crippen LogP contribution is 2.29. The zero-order chi connectivity index (χ0) is 23.0. The van der Waals surface area contributed by atoms with Crippen molar-refractivity contribution >= 4 is 33.3 Å². The minimum absolute atomic E-state index is 0.104. The molecule has 8 nitrogen and oxygen atoms in total. The van der Waals surface area contributed by atoms with Gasteiger partial charge in [-0.2, -0.15) is 0 Å². The lowest BCUT2D eigenvalue weighted by atomic mass is 10.1. The Bertz CT molecular complexity index is 1270. The van der Waals surface area contributed by atoms with Crippen molar-refractivity contribution in [1.82, 2.24) is 14.1 Å². The molecule has 1 aliphatic rings. The third-order valence-electron chi connectivity index (χ3n) is 6.04. The van der Waals surface area contributed by atoms with Crippen LogP contribution in [0, 0.1) is 20.8 Å². The van der Waals surface area contributed by atoms with Gasteiger partial charge in [0.05, 0.1) is 5.39 Å². The fourth-order valence-corrected chi connectivity index (χ4v) is 5.42. The fraction of sp³-hybridized carbons (Fsp3) is 0.478. The number of hydrogen-bond acceptors (Lipinski definition) is 7. The molecule has 0 aliphatic carbocycles. The Balaban J connectivity index is 1.50. The number of ketones is 1. The third kappa shape index (κ3) is 3.91. The number of fused-ring (bicyclic) bond motifs is 2. The first-order valence-corrected chi connectivity index (χ1v) is 11.5. The summed E-state index contributed by atoms with van der Waals surface area (Å²) < 4.78 is 14.2. The van der Waals surface area contributed by atoms with Crippen molar-refractivity contribution in [3.05, 3.63) is 49.6 Å². The number of carbonyl (C=O) groups excluding carboxylic acids is 2. The van der Waals surface area contributed by atoms with E-state index in [4.69, 9.17) is 9.47 Å². The van der Waals surface area contributed by atoms with Gasteiger partial charge in [0, 0.05) is 50.2 Å². The van der Waals surface area contributed by atoms with Gasteiger partial charge in [-0.3, -0.25) is 14.2 Å². The molecule has 0 saturated carbocycles. The largest absolute Gasteiger partial charge is 0.453 e. The summed E-state index contributed by atoms with van der Waals surface area (Å²) in [5.41, 5.74) is 2.85. The summed E-state index contributed by atoms with van der Waals surface area (Å²) in [6, 6.07) is 1.83. The molecule has 4 rings (SSSR count). The maximum atomic E-state index is 12.8. The Kier molecular flexibility index (Phi) is 6.30. The molecule has 0 bridgehead atoms. The Morgan fingerprint density at radius 1 is 1.25 bits per heavy atom. The van der Waals surface area contributed by atoms with E-state index in [2.05, 4.69) is 9.55 Å². The molecule has 3 aromatic rings. The van der Waals surface area contributed by atoms with Gasteiger partial charge in [-0.25, -0.2) is 9.78 Å². The summed E-state index contributed by atoms with van der Waals surface area (Å²) >= 11 is 1.15. The lowest BCUT2D eigenvalue weighted by molar-refractivity contribution is 0.0479. The molecule has 0 saturated heterocycles. The first kappa shape index (κ1) is 22.4. The monoisotopic (exact) mass is 457 g/mol. The maximum absolute atomic E-state index is 12.8. The number of aromatic nitrogens is 3. The van der Waals surface area contributed by atoms with Gasteiger partial charge in [0.1, 0.15) is 15.5 Å². The standard InChI is InChI=1S/C23H27N3O5S/c1-13-11-16(15(3)25(13)9-6-10-30-4)17(27)12-31-23(29)20-14(2)19-21(32-20)24-18-7-5-8-26(18)22(19)28/h11H,5-10,12H2,1-4H3. The van der Waals surface area contributed by atoms with Gasteiger partial charge in [-0.15, -0.1) is 11.3 Å². The summed E-state index contributed by atoms with van der Waals surface area (Å²) in [6.07, 6.45) is 2.51. The SMILES string of the molecule is COCCCn1c(C)cc(C(=O)COC(=O)c2sc3nc4n(c(=O)c3c2C)CCC4)c1C. The second-order valence-electron chi connectivity index (χ2n) is 8.11. The molecular formula is C23H27N3O5S. The number of nitrogens with zero attached hydrogens (tertiary/aromatic N) is 3. The molecule has 0 unspecified atom stereocenters. The van der Waals surface area contributed by atoms with Crippen LogP contribution in [0.25, 0.3) is 10.2 Å². The van der Waals surface area contributed by atoms with Gasteiger partial charge < -0.3 is 14.0 Å². The molecule has 0 N–H and O–H groups in total. The molecule has 3 aromatic heterocycles. The molecule has 0 atom stereocenters. The average molecular weight is 458 g/mol. The quantitative estimate of drug-likeness (QED) is 0.293. The van der Waals surface area contributed by atoms with Crippen LogP contribution in [0.5, 0.6) is 0 Å². The topological polar surface area (TPSA) is 92.4 Å². The predicted octanol–water partition coefficient (Wildman–Crippen LogP) is 3.21. The van der Waals surface area contributed by atoms with E-state index in [0.717, 1.165) is 54.4 Å². The lowest BCUT2D eigenvalue weighted by Gasteiger charge is -2.09. The zero-order valence-electron chi connectivity index (χ0n) is 18.8. The van der Waals surface area contributed by atoms with Gasteiger partial charge in [0.15, 0.2) is 6.61 Å². The van der Waals surface area contributed by atoms with Crippen LogP contribution in [-0.4, -0.2) is 46.2 Å².